The van der Waals surface area contributed by atoms with Crippen LogP contribution in [0.2, 0.25) is 5.15 Å². The molecule has 1 aromatic heterocycles. The molecule has 2 amide bonds. The summed E-state index contributed by atoms with van der Waals surface area (Å²) in [5.74, 6) is -1.21. The van der Waals surface area contributed by atoms with Crippen LogP contribution in [0.1, 0.15) is 43.2 Å². The second-order valence-electron chi connectivity index (χ2n) is 10.0. The van der Waals surface area contributed by atoms with Crippen molar-refractivity contribution in [2.24, 2.45) is 0 Å². The lowest BCUT2D eigenvalue weighted by Crippen LogP contribution is -2.51. The van der Waals surface area contributed by atoms with Crippen molar-refractivity contribution in [1.82, 2.24) is 15.2 Å². The maximum absolute atomic E-state index is 13.9. The highest BCUT2D eigenvalue weighted by Gasteiger charge is 2.58. The summed E-state index contributed by atoms with van der Waals surface area (Å²) in [4.78, 5) is 31.4. The fourth-order valence-electron chi connectivity index (χ4n) is 5.02. The molecule has 38 heavy (non-hydrogen) atoms. The highest BCUT2D eigenvalue weighted by atomic mass is 35.5. The molecule has 2 aromatic rings. The van der Waals surface area contributed by atoms with Crippen molar-refractivity contribution in [2.75, 3.05) is 6.54 Å². The van der Waals surface area contributed by atoms with E-state index in [0.717, 1.165) is 17.0 Å². The number of aromatic nitrogens is 1. The average molecular weight is 567 g/mol. The van der Waals surface area contributed by atoms with E-state index in [9.17, 15) is 36.4 Å². The van der Waals surface area contributed by atoms with Crippen molar-refractivity contribution in [1.29, 1.82) is 5.26 Å². The van der Waals surface area contributed by atoms with E-state index in [4.69, 9.17) is 11.6 Å². The lowest BCUT2D eigenvalue weighted by atomic mass is 9.95. The highest BCUT2D eigenvalue weighted by molar-refractivity contribution is 7.92. The number of benzene rings is 1. The van der Waals surface area contributed by atoms with Crippen LogP contribution in [0.25, 0.3) is 0 Å². The van der Waals surface area contributed by atoms with Gasteiger partial charge < -0.3 is 10.2 Å². The van der Waals surface area contributed by atoms with Crippen molar-refractivity contribution in [3.05, 3.63) is 58.9 Å². The molecule has 2 unspecified atom stereocenters. The molecule has 0 bridgehead atoms. The number of carbonyl (C=O) groups is 2. The van der Waals surface area contributed by atoms with Crippen LogP contribution in [0.5, 0.6) is 0 Å². The summed E-state index contributed by atoms with van der Waals surface area (Å²) >= 11 is 5.87. The molecule has 1 aliphatic heterocycles. The smallest absolute Gasteiger partial charge is 0.336 e. The molecule has 2 saturated carbocycles. The number of rotatable bonds is 6. The van der Waals surface area contributed by atoms with Crippen LogP contribution in [-0.4, -0.2) is 53.5 Å². The zero-order valence-electron chi connectivity index (χ0n) is 19.8. The Hall–Kier alpha value is -3.17. The summed E-state index contributed by atoms with van der Waals surface area (Å²) in [6.07, 6.45) is -2.19. The van der Waals surface area contributed by atoms with Gasteiger partial charge in [-0.3, -0.25) is 9.59 Å². The molecule has 13 heteroatoms. The van der Waals surface area contributed by atoms with Gasteiger partial charge >= 0.3 is 6.18 Å². The van der Waals surface area contributed by atoms with Gasteiger partial charge in [0.15, 0.2) is 9.84 Å². The fraction of sp³-hybridized carbons (Fsp3) is 0.440. The van der Waals surface area contributed by atoms with Crippen LogP contribution in [0.3, 0.4) is 0 Å². The SMILES string of the molecule is N#CC1(NC(=O)C2CC(S(=O)(=O)c3ccccc3C(F)(F)F)CN2C(=O)C2(c3ccc(Cl)nc3)CC2)CC1. The number of nitrogens with one attached hydrogen (secondary N) is 1. The molecule has 2 heterocycles. The molecular formula is C25H22ClF3N4O4S. The van der Waals surface area contributed by atoms with E-state index in [1.807, 2.05) is 6.07 Å². The number of nitrogens with zero attached hydrogens (tertiary/aromatic N) is 3. The van der Waals surface area contributed by atoms with Gasteiger partial charge in [-0.25, -0.2) is 13.4 Å². The van der Waals surface area contributed by atoms with E-state index in [1.54, 1.807) is 6.07 Å². The summed E-state index contributed by atoms with van der Waals surface area (Å²) < 4.78 is 68.0. The van der Waals surface area contributed by atoms with Crippen molar-refractivity contribution in [3.63, 3.8) is 0 Å². The van der Waals surface area contributed by atoms with Gasteiger partial charge in [0.05, 0.1) is 27.2 Å². The zero-order chi connectivity index (χ0) is 27.5. The monoisotopic (exact) mass is 566 g/mol. The van der Waals surface area contributed by atoms with Gasteiger partial charge in [-0.15, -0.1) is 0 Å². The van der Waals surface area contributed by atoms with Crippen LogP contribution < -0.4 is 5.32 Å². The van der Waals surface area contributed by atoms with E-state index in [-0.39, 0.29) is 5.15 Å². The Kier molecular flexibility index (Phi) is 6.23. The minimum atomic E-state index is -4.92. The Labute approximate surface area is 221 Å². The molecule has 1 aromatic carbocycles. The summed E-state index contributed by atoms with van der Waals surface area (Å²) in [5, 5.41) is 10.8. The highest BCUT2D eigenvalue weighted by Crippen LogP contribution is 2.51. The fourth-order valence-corrected chi connectivity index (χ4v) is 7.04. The number of hydrogen-bond donors (Lipinski definition) is 1. The van der Waals surface area contributed by atoms with E-state index in [2.05, 4.69) is 10.3 Å². The Morgan fingerprint density at radius 3 is 2.37 bits per heavy atom. The van der Waals surface area contributed by atoms with Gasteiger partial charge in [-0.05, 0) is 55.9 Å². The van der Waals surface area contributed by atoms with Crippen LogP contribution in [0, 0.1) is 11.3 Å². The number of nitriles is 1. The third kappa shape index (κ3) is 4.52. The quantitative estimate of drug-likeness (QED) is 0.535. The van der Waals surface area contributed by atoms with Gasteiger partial charge in [0.25, 0.3) is 0 Å². The molecule has 0 radical (unpaired) electrons. The van der Waals surface area contributed by atoms with Crippen molar-refractivity contribution in [3.8, 4) is 6.07 Å². The number of halogens is 4. The second kappa shape index (κ2) is 8.95. The van der Waals surface area contributed by atoms with Crippen molar-refractivity contribution < 1.29 is 31.2 Å². The van der Waals surface area contributed by atoms with E-state index in [1.165, 1.54) is 18.3 Å². The Balaban J connectivity index is 1.50. The molecule has 3 fully saturated rings. The van der Waals surface area contributed by atoms with Crippen molar-refractivity contribution >= 4 is 33.3 Å². The first-order valence-corrected chi connectivity index (χ1v) is 13.8. The maximum atomic E-state index is 13.9. The molecule has 1 N–H and O–H groups in total. The Morgan fingerprint density at radius 2 is 1.82 bits per heavy atom. The van der Waals surface area contributed by atoms with Crippen LogP contribution >= 0.6 is 11.6 Å². The van der Waals surface area contributed by atoms with Crippen LogP contribution in [0.4, 0.5) is 13.2 Å². The Morgan fingerprint density at radius 1 is 1.13 bits per heavy atom. The summed E-state index contributed by atoms with van der Waals surface area (Å²) in [5.41, 5.74) is -2.87. The van der Waals surface area contributed by atoms with Gasteiger partial charge in [0.1, 0.15) is 16.7 Å². The van der Waals surface area contributed by atoms with Crippen LogP contribution in [-0.2, 0) is 31.0 Å². The van der Waals surface area contributed by atoms with Crippen LogP contribution in [0.15, 0.2) is 47.5 Å². The zero-order valence-corrected chi connectivity index (χ0v) is 21.4. The predicted molar refractivity (Wildman–Crippen MR) is 128 cm³/mol. The van der Waals surface area contributed by atoms with E-state index < -0.39 is 73.5 Å². The first-order chi connectivity index (χ1) is 17.8. The lowest BCUT2D eigenvalue weighted by Gasteiger charge is -2.29. The van der Waals surface area contributed by atoms with Gasteiger partial charge in [0, 0.05) is 12.7 Å². The molecular weight excluding hydrogens is 545 g/mol. The van der Waals surface area contributed by atoms with Crippen molar-refractivity contribution in [2.45, 2.75) is 65.4 Å². The Bertz CT molecular complexity index is 1450. The molecule has 8 nitrogen and oxygen atoms in total. The standard InChI is InChI=1S/C25H22ClF3N4O4S/c26-20-6-5-15(12-31-20)24(9-10-24)22(35)33-13-16(11-18(33)21(34)32-23(14-30)7-8-23)38(36,37)19-4-2-1-3-17(19)25(27,28)29/h1-6,12,16,18H,7-11,13H2,(H,32,34). The van der Waals surface area contributed by atoms with E-state index >= 15 is 0 Å². The number of pyridine rings is 1. The number of alkyl halides is 3. The largest absolute Gasteiger partial charge is 0.417 e. The molecule has 2 atom stereocenters. The molecule has 3 aliphatic rings. The third-order valence-electron chi connectivity index (χ3n) is 7.53. The summed E-state index contributed by atoms with van der Waals surface area (Å²) in [6, 6.07) is 7.75. The first-order valence-electron chi connectivity index (χ1n) is 11.9. The first kappa shape index (κ1) is 26.4. The van der Waals surface area contributed by atoms with Gasteiger partial charge in [-0.2, -0.15) is 18.4 Å². The summed E-state index contributed by atoms with van der Waals surface area (Å²) in [6.45, 7) is -0.465. The average Bonchev–Trinajstić information content (AvgIpc) is 3.80. The molecule has 1 saturated heterocycles. The normalized spacial score (nSPS) is 23.4. The number of carbonyl (C=O) groups excluding carboxylic acids is 2. The molecule has 2 aliphatic carbocycles. The topological polar surface area (TPSA) is 120 Å². The molecule has 200 valence electrons. The number of likely N-dealkylation sites (tertiary alicyclic amines) is 1. The van der Waals surface area contributed by atoms with E-state index in [0.29, 0.717) is 37.3 Å². The minimum absolute atomic E-state index is 0.219. The van der Waals surface area contributed by atoms with Gasteiger partial charge in [-0.1, -0.05) is 29.8 Å². The molecule has 5 rings (SSSR count). The number of hydrogen-bond acceptors (Lipinski definition) is 6. The van der Waals surface area contributed by atoms with Gasteiger partial charge in [0.2, 0.25) is 11.8 Å². The molecule has 0 spiro atoms. The second-order valence-corrected chi connectivity index (χ2v) is 12.6. The lowest BCUT2D eigenvalue weighted by molar-refractivity contribution is -0.140. The minimum Gasteiger partial charge on any atom is -0.336 e. The number of sulfone groups is 1. The number of amides is 2. The maximum Gasteiger partial charge on any atom is 0.417 e. The predicted octanol–water partition coefficient (Wildman–Crippen LogP) is 3.40. The summed E-state index contributed by atoms with van der Waals surface area (Å²) in [7, 11) is -4.60. The third-order valence-corrected chi connectivity index (χ3v) is 9.94.